The average Bonchev–Trinajstić information content (AvgIpc) is 2.82. The number of morpholine rings is 1. The number of likely N-dealkylation sites (N-methyl/N-ethyl adjacent to an activating group) is 1. The average molecular weight is 241 g/mol. The molecule has 0 bridgehead atoms. The highest BCUT2D eigenvalue weighted by Crippen LogP contribution is 2.07. The smallest absolute Gasteiger partial charge is 0.236 e. The topological polar surface area (TPSA) is 44.8 Å². The first-order valence-electron chi connectivity index (χ1n) is 6.54. The Kier molecular flexibility index (Phi) is 4.76. The molecular formula is C12H23N3O2. The van der Waals surface area contributed by atoms with Gasteiger partial charge in [0.1, 0.15) is 0 Å². The van der Waals surface area contributed by atoms with Gasteiger partial charge in [-0.15, -0.1) is 0 Å². The number of nitrogens with one attached hydrogen (secondary N) is 1. The molecule has 1 atom stereocenters. The van der Waals surface area contributed by atoms with E-state index in [4.69, 9.17) is 4.74 Å². The van der Waals surface area contributed by atoms with E-state index >= 15 is 0 Å². The summed E-state index contributed by atoms with van der Waals surface area (Å²) in [5.41, 5.74) is 0. The number of nitrogens with zero attached hydrogens (tertiary/aromatic N) is 2. The summed E-state index contributed by atoms with van der Waals surface area (Å²) in [5, 5.41) is 3.21. The summed E-state index contributed by atoms with van der Waals surface area (Å²) in [5.74, 6) is 0.228. The van der Waals surface area contributed by atoms with Gasteiger partial charge in [-0.25, -0.2) is 0 Å². The number of likely N-dealkylation sites (tertiary alicyclic amines) is 1. The fraction of sp³-hybridized carbons (Fsp3) is 0.917. The summed E-state index contributed by atoms with van der Waals surface area (Å²) >= 11 is 0. The summed E-state index contributed by atoms with van der Waals surface area (Å²) < 4.78 is 5.63. The van der Waals surface area contributed by atoms with Crippen LogP contribution in [0.4, 0.5) is 0 Å². The molecular weight excluding hydrogens is 218 g/mol. The van der Waals surface area contributed by atoms with Crippen molar-refractivity contribution in [3.05, 3.63) is 0 Å². The largest absolute Gasteiger partial charge is 0.374 e. The van der Waals surface area contributed by atoms with Crippen LogP contribution >= 0.6 is 0 Å². The minimum atomic E-state index is 0.222. The molecule has 0 aromatic rings. The number of carbonyl (C=O) groups excluding carboxylic acids is 1. The molecule has 0 spiro atoms. The number of hydrogen-bond donors (Lipinski definition) is 1. The van der Waals surface area contributed by atoms with Crippen molar-refractivity contribution in [2.45, 2.75) is 18.9 Å². The Bertz CT molecular complexity index is 254. The third-order valence-electron chi connectivity index (χ3n) is 3.45. The van der Waals surface area contributed by atoms with Crippen molar-refractivity contribution in [2.24, 2.45) is 0 Å². The highest BCUT2D eigenvalue weighted by Gasteiger charge is 2.20. The molecule has 2 aliphatic rings. The van der Waals surface area contributed by atoms with Crippen LogP contribution in [0.2, 0.25) is 0 Å². The highest BCUT2D eigenvalue weighted by atomic mass is 16.5. The lowest BCUT2D eigenvalue weighted by Crippen LogP contribution is -2.46. The van der Waals surface area contributed by atoms with E-state index in [2.05, 4.69) is 17.3 Å². The first kappa shape index (κ1) is 12.8. The lowest BCUT2D eigenvalue weighted by molar-refractivity contribution is -0.129. The second-order valence-corrected chi connectivity index (χ2v) is 4.97. The third-order valence-corrected chi connectivity index (χ3v) is 3.45. The first-order valence-corrected chi connectivity index (χ1v) is 6.54. The second kappa shape index (κ2) is 6.33. The molecule has 1 N–H and O–H groups in total. The van der Waals surface area contributed by atoms with Gasteiger partial charge in [-0.1, -0.05) is 0 Å². The van der Waals surface area contributed by atoms with Crippen LogP contribution in [0.15, 0.2) is 0 Å². The van der Waals surface area contributed by atoms with Gasteiger partial charge >= 0.3 is 0 Å². The van der Waals surface area contributed by atoms with Gasteiger partial charge in [0.2, 0.25) is 5.91 Å². The molecule has 0 saturated carbocycles. The number of carbonyl (C=O) groups is 1. The Morgan fingerprint density at radius 3 is 2.82 bits per heavy atom. The van der Waals surface area contributed by atoms with Gasteiger partial charge in [-0.05, 0) is 19.9 Å². The van der Waals surface area contributed by atoms with Crippen molar-refractivity contribution in [3.8, 4) is 0 Å². The fourth-order valence-electron chi connectivity index (χ4n) is 2.41. The molecule has 0 aromatic carbocycles. The van der Waals surface area contributed by atoms with Crippen LogP contribution in [-0.2, 0) is 9.53 Å². The number of rotatable bonds is 4. The fourth-order valence-corrected chi connectivity index (χ4v) is 2.41. The van der Waals surface area contributed by atoms with Crippen molar-refractivity contribution in [3.63, 3.8) is 0 Å². The SMILES string of the molecule is CN1CCOC(CNCC(=O)N2CCCC2)C1. The minimum absolute atomic E-state index is 0.222. The van der Waals surface area contributed by atoms with E-state index in [1.165, 1.54) is 0 Å². The molecule has 1 unspecified atom stereocenters. The van der Waals surface area contributed by atoms with Gasteiger partial charge in [0, 0.05) is 32.7 Å². The molecule has 2 saturated heterocycles. The lowest BCUT2D eigenvalue weighted by atomic mass is 10.3. The maximum Gasteiger partial charge on any atom is 0.236 e. The van der Waals surface area contributed by atoms with Crippen molar-refractivity contribution in [1.29, 1.82) is 0 Å². The maximum absolute atomic E-state index is 11.8. The Morgan fingerprint density at radius 1 is 1.35 bits per heavy atom. The molecule has 2 heterocycles. The van der Waals surface area contributed by atoms with E-state index < -0.39 is 0 Å². The van der Waals surface area contributed by atoms with Gasteiger partial charge in [0.05, 0.1) is 19.3 Å². The van der Waals surface area contributed by atoms with Crippen molar-refractivity contribution in [1.82, 2.24) is 15.1 Å². The van der Waals surface area contributed by atoms with Gasteiger partial charge < -0.3 is 19.9 Å². The molecule has 0 aromatic heterocycles. The van der Waals surface area contributed by atoms with Crippen LogP contribution in [0.3, 0.4) is 0 Å². The predicted molar refractivity (Wildman–Crippen MR) is 65.9 cm³/mol. The van der Waals surface area contributed by atoms with Crippen LogP contribution < -0.4 is 5.32 Å². The molecule has 2 fully saturated rings. The van der Waals surface area contributed by atoms with Gasteiger partial charge in [0.25, 0.3) is 0 Å². The zero-order chi connectivity index (χ0) is 12.1. The standard InChI is InChI=1S/C12H23N3O2/c1-14-6-7-17-11(10-14)8-13-9-12(16)15-4-2-3-5-15/h11,13H,2-10H2,1H3. The number of amides is 1. The molecule has 2 rings (SSSR count). The minimum Gasteiger partial charge on any atom is -0.374 e. The van der Waals surface area contributed by atoms with Crippen LogP contribution in [0.5, 0.6) is 0 Å². The van der Waals surface area contributed by atoms with E-state index in [1.54, 1.807) is 0 Å². The summed E-state index contributed by atoms with van der Waals surface area (Å²) in [6.07, 6.45) is 2.53. The number of hydrogen-bond acceptors (Lipinski definition) is 4. The van der Waals surface area contributed by atoms with Gasteiger partial charge in [0.15, 0.2) is 0 Å². The van der Waals surface area contributed by atoms with Crippen LogP contribution in [0.1, 0.15) is 12.8 Å². The molecule has 0 aliphatic carbocycles. The van der Waals surface area contributed by atoms with E-state index in [1.807, 2.05) is 4.90 Å². The second-order valence-electron chi connectivity index (χ2n) is 4.97. The first-order chi connectivity index (χ1) is 8.25. The molecule has 5 nitrogen and oxygen atoms in total. The Morgan fingerprint density at radius 2 is 2.12 bits per heavy atom. The predicted octanol–water partition coefficient (Wildman–Crippen LogP) is -0.471. The normalized spacial score (nSPS) is 26.4. The molecule has 98 valence electrons. The quantitative estimate of drug-likeness (QED) is 0.723. The van der Waals surface area contributed by atoms with Crippen molar-refractivity contribution < 1.29 is 9.53 Å². The van der Waals surface area contributed by atoms with Gasteiger partial charge in [-0.3, -0.25) is 4.79 Å². The summed E-state index contributed by atoms with van der Waals surface area (Å²) in [6, 6.07) is 0. The zero-order valence-electron chi connectivity index (χ0n) is 10.7. The maximum atomic E-state index is 11.8. The van der Waals surface area contributed by atoms with Crippen molar-refractivity contribution >= 4 is 5.91 Å². The van der Waals surface area contributed by atoms with E-state index in [0.29, 0.717) is 6.54 Å². The molecule has 2 aliphatic heterocycles. The van der Waals surface area contributed by atoms with E-state index in [-0.39, 0.29) is 12.0 Å². The molecule has 5 heteroatoms. The summed E-state index contributed by atoms with van der Waals surface area (Å²) in [6.45, 7) is 5.83. The van der Waals surface area contributed by atoms with E-state index in [9.17, 15) is 4.79 Å². The Balaban J connectivity index is 1.60. The van der Waals surface area contributed by atoms with Crippen LogP contribution in [-0.4, -0.2) is 74.7 Å². The summed E-state index contributed by atoms with van der Waals surface area (Å²) in [4.78, 5) is 16.0. The lowest BCUT2D eigenvalue weighted by Gasteiger charge is -2.30. The Hall–Kier alpha value is -0.650. The molecule has 1 amide bonds. The summed E-state index contributed by atoms with van der Waals surface area (Å²) in [7, 11) is 2.10. The number of ether oxygens (including phenoxy) is 1. The monoisotopic (exact) mass is 241 g/mol. The zero-order valence-corrected chi connectivity index (χ0v) is 10.7. The Labute approximate surface area is 103 Å². The van der Waals surface area contributed by atoms with Crippen LogP contribution in [0.25, 0.3) is 0 Å². The molecule has 0 radical (unpaired) electrons. The third kappa shape index (κ3) is 3.94. The van der Waals surface area contributed by atoms with Crippen LogP contribution in [0, 0.1) is 0 Å². The highest BCUT2D eigenvalue weighted by molar-refractivity contribution is 5.78. The van der Waals surface area contributed by atoms with E-state index in [0.717, 1.165) is 52.2 Å². The molecule has 17 heavy (non-hydrogen) atoms. The van der Waals surface area contributed by atoms with Gasteiger partial charge in [-0.2, -0.15) is 0 Å². The van der Waals surface area contributed by atoms with Crippen molar-refractivity contribution in [2.75, 3.05) is 52.9 Å².